The normalized spacial score (nSPS) is 17.1. The molecule has 0 unspecified atom stereocenters. The minimum absolute atomic E-state index is 0.00850. The largest absolute Gasteiger partial charge is 0.378 e. The molecule has 0 atom stereocenters. The number of piperidine rings is 1. The number of ether oxygens (including phenoxy) is 1. The first-order chi connectivity index (χ1) is 14.2. The van der Waals surface area contributed by atoms with Crippen LogP contribution in [0.5, 0.6) is 0 Å². The fourth-order valence-electron chi connectivity index (χ4n) is 3.78. The van der Waals surface area contributed by atoms with Crippen molar-refractivity contribution in [2.75, 3.05) is 49.6 Å². The highest BCUT2D eigenvalue weighted by atomic mass is 16.5. The van der Waals surface area contributed by atoms with Gasteiger partial charge in [0.15, 0.2) is 0 Å². The molecule has 1 aromatic carbocycles. The van der Waals surface area contributed by atoms with E-state index in [0.717, 1.165) is 31.7 Å². The number of rotatable bonds is 4. The molecule has 2 saturated heterocycles. The zero-order valence-corrected chi connectivity index (χ0v) is 16.5. The van der Waals surface area contributed by atoms with Gasteiger partial charge >= 0.3 is 0 Å². The molecule has 2 aliphatic heterocycles. The number of carbonyl (C=O) groups is 2. The van der Waals surface area contributed by atoms with Crippen molar-refractivity contribution in [1.29, 1.82) is 0 Å². The summed E-state index contributed by atoms with van der Waals surface area (Å²) in [6.45, 7) is 4.22. The molecule has 0 bridgehead atoms. The van der Waals surface area contributed by atoms with Gasteiger partial charge in [0.25, 0.3) is 11.8 Å². The average molecular weight is 394 g/mol. The molecule has 0 spiro atoms. The lowest BCUT2D eigenvalue weighted by molar-refractivity contribution is 0.0303. The zero-order valence-electron chi connectivity index (χ0n) is 16.5. The van der Waals surface area contributed by atoms with E-state index in [0.29, 0.717) is 43.1 Å². The number of nitrogens with zero attached hydrogens (tertiary/aromatic N) is 3. The molecular weight excluding hydrogens is 368 g/mol. The predicted octanol–water partition coefficient (Wildman–Crippen LogP) is 2.80. The smallest absolute Gasteiger partial charge is 0.259 e. The SMILES string of the molecule is O=C(Nc1ccc(C(=O)N2CCOCC2)cc1)c1cccnc1N1CCCCC1. The number of anilines is 2. The van der Waals surface area contributed by atoms with Gasteiger partial charge in [-0.2, -0.15) is 0 Å². The second-order valence-corrected chi connectivity index (χ2v) is 7.36. The molecule has 152 valence electrons. The van der Waals surface area contributed by atoms with E-state index >= 15 is 0 Å². The summed E-state index contributed by atoms with van der Waals surface area (Å²) >= 11 is 0. The Labute approximate surface area is 170 Å². The van der Waals surface area contributed by atoms with Crippen molar-refractivity contribution in [2.45, 2.75) is 19.3 Å². The van der Waals surface area contributed by atoms with Crippen LogP contribution >= 0.6 is 0 Å². The van der Waals surface area contributed by atoms with Gasteiger partial charge in [0.05, 0.1) is 18.8 Å². The van der Waals surface area contributed by atoms with Gasteiger partial charge in [-0.3, -0.25) is 9.59 Å². The predicted molar refractivity (Wildman–Crippen MR) is 111 cm³/mol. The molecule has 0 saturated carbocycles. The molecule has 1 N–H and O–H groups in total. The van der Waals surface area contributed by atoms with Crippen molar-refractivity contribution in [3.63, 3.8) is 0 Å². The fraction of sp³-hybridized carbons (Fsp3) is 0.409. The second-order valence-electron chi connectivity index (χ2n) is 7.36. The van der Waals surface area contributed by atoms with Crippen LogP contribution in [0.4, 0.5) is 11.5 Å². The molecule has 1 aromatic heterocycles. The summed E-state index contributed by atoms with van der Waals surface area (Å²) in [5.74, 6) is 0.542. The summed E-state index contributed by atoms with van der Waals surface area (Å²) < 4.78 is 5.29. The molecule has 7 nitrogen and oxygen atoms in total. The highest BCUT2D eigenvalue weighted by Gasteiger charge is 2.21. The minimum Gasteiger partial charge on any atom is -0.378 e. The van der Waals surface area contributed by atoms with Gasteiger partial charge < -0.3 is 19.9 Å². The van der Waals surface area contributed by atoms with Crippen LogP contribution in [-0.2, 0) is 4.74 Å². The van der Waals surface area contributed by atoms with Gasteiger partial charge in [-0.25, -0.2) is 4.98 Å². The van der Waals surface area contributed by atoms with Crippen LogP contribution in [0.1, 0.15) is 40.0 Å². The minimum atomic E-state index is -0.189. The summed E-state index contributed by atoms with van der Waals surface area (Å²) in [6.07, 6.45) is 5.19. The Balaban J connectivity index is 1.44. The molecule has 2 fully saturated rings. The van der Waals surface area contributed by atoms with E-state index in [1.54, 1.807) is 41.4 Å². The molecule has 2 aliphatic rings. The Kier molecular flexibility index (Phi) is 6.05. The summed E-state index contributed by atoms with van der Waals surface area (Å²) in [5.41, 5.74) is 1.84. The van der Waals surface area contributed by atoms with Crippen LogP contribution in [0.3, 0.4) is 0 Å². The van der Waals surface area contributed by atoms with Crippen LogP contribution in [-0.4, -0.2) is 61.1 Å². The Morgan fingerprint density at radius 2 is 1.66 bits per heavy atom. The number of pyridine rings is 1. The van der Waals surface area contributed by atoms with E-state index in [1.807, 2.05) is 6.07 Å². The number of hydrogen-bond donors (Lipinski definition) is 1. The fourth-order valence-corrected chi connectivity index (χ4v) is 3.78. The maximum atomic E-state index is 12.9. The number of aromatic nitrogens is 1. The highest BCUT2D eigenvalue weighted by Crippen LogP contribution is 2.23. The van der Waals surface area contributed by atoms with Crippen molar-refractivity contribution in [2.24, 2.45) is 0 Å². The lowest BCUT2D eigenvalue weighted by Gasteiger charge is -2.29. The Bertz CT molecular complexity index is 857. The third-order valence-corrected chi connectivity index (χ3v) is 5.37. The van der Waals surface area contributed by atoms with Gasteiger partial charge in [-0.15, -0.1) is 0 Å². The average Bonchev–Trinajstić information content (AvgIpc) is 2.80. The Hall–Kier alpha value is -2.93. The number of hydrogen-bond acceptors (Lipinski definition) is 5. The van der Waals surface area contributed by atoms with Crippen LogP contribution in [0.2, 0.25) is 0 Å². The Morgan fingerprint density at radius 3 is 2.38 bits per heavy atom. The maximum Gasteiger partial charge on any atom is 0.259 e. The molecular formula is C22H26N4O3. The number of nitrogens with one attached hydrogen (secondary N) is 1. The third kappa shape index (κ3) is 4.56. The monoisotopic (exact) mass is 394 g/mol. The molecule has 7 heteroatoms. The van der Waals surface area contributed by atoms with Gasteiger partial charge in [-0.05, 0) is 55.7 Å². The van der Waals surface area contributed by atoms with E-state index in [9.17, 15) is 9.59 Å². The summed E-state index contributed by atoms with van der Waals surface area (Å²) in [6, 6.07) is 10.6. The van der Waals surface area contributed by atoms with Gasteiger partial charge in [0.1, 0.15) is 5.82 Å². The zero-order chi connectivity index (χ0) is 20.1. The highest BCUT2D eigenvalue weighted by molar-refractivity contribution is 6.07. The first-order valence-electron chi connectivity index (χ1n) is 10.2. The molecule has 0 radical (unpaired) electrons. The summed E-state index contributed by atoms with van der Waals surface area (Å²) in [7, 11) is 0. The van der Waals surface area contributed by atoms with Crippen molar-refractivity contribution in [1.82, 2.24) is 9.88 Å². The Morgan fingerprint density at radius 1 is 0.931 bits per heavy atom. The first-order valence-corrected chi connectivity index (χ1v) is 10.2. The lowest BCUT2D eigenvalue weighted by Crippen LogP contribution is -2.40. The topological polar surface area (TPSA) is 74.8 Å². The number of morpholine rings is 1. The summed E-state index contributed by atoms with van der Waals surface area (Å²) in [5, 5.41) is 2.93. The van der Waals surface area contributed by atoms with Crippen molar-refractivity contribution >= 4 is 23.3 Å². The van der Waals surface area contributed by atoms with Crippen LogP contribution in [0.15, 0.2) is 42.6 Å². The van der Waals surface area contributed by atoms with E-state index in [1.165, 1.54) is 6.42 Å². The van der Waals surface area contributed by atoms with Gasteiger partial charge in [0, 0.05) is 43.6 Å². The third-order valence-electron chi connectivity index (χ3n) is 5.37. The lowest BCUT2D eigenvalue weighted by atomic mass is 10.1. The van der Waals surface area contributed by atoms with E-state index < -0.39 is 0 Å². The van der Waals surface area contributed by atoms with Crippen molar-refractivity contribution in [3.05, 3.63) is 53.7 Å². The van der Waals surface area contributed by atoms with Gasteiger partial charge in [0.2, 0.25) is 0 Å². The number of carbonyl (C=O) groups excluding carboxylic acids is 2. The maximum absolute atomic E-state index is 12.9. The first kappa shape index (κ1) is 19.4. The molecule has 2 amide bonds. The molecule has 0 aliphatic carbocycles. The van der Waals surface area contributed by atoms with Crippen LogP contribution < -0.4 is 10.2 Å². The second kappa shape index (κ2) is 9.05. The van der Waals surface area contributed by atoms with E-state index in [4.69, 9.17) is 4.74 Å². The van der Waals surface area contributed by atoms with E-state index in [2.05, 4.69) is 15.2 Å². The van der Waals surface area contributed by atoms with Gasteiger partial charge in [-0.1, -0.05) is 0 Å². The van der Waals surface area contributed by atoms with Crippen LogP contribution in [0.25, 0.3) is 0 Å². The standard InChI is InChI=1S/C22H26N4O3/c27-21(19-5-4-10-23-20(19)25-11-2-1-3-12-25)24-18-8-6-17(7-9-18)22(28)26-13-15-29-16-14-26/h4-10H,1-3,11-16H2,(H,24,27). The van der Waals surface area contributed by atoms with E-state index in [-0.39, 0.29) is 11.8 Å². The number of benzene rings is 1. The number of amides is 2. The molecule has 2 aromatic rings. The van der Waals surface area contributed by atoms with Crippen molar-refractivity contribution in [3.8, 4) is 0 Å². The quantitative estimate of drug-likeness (QED) is 0.863. The molecule has 29 heavy (non-hydrogen) atoms. The molecule has 3 heterocycles. The van der Waals surface area contributed by atoms with Crippen molar-refractivity contribution < 1.29 is 14.3 Å². The van der Waals surface area contributed by atoms with Crippen LogP contribution in [0, 0.1) is 0 Å². The summed E-state index contributed by atoms with van der Waals surface area (Å²) in [4.78, 5) is 33.9. The molecule has 4 rings (SSSR count).